The smallest absolute Gasteiger partial charge is 0.406 e. The highest BCUT2D eigenvalue weighted by Crippen LogP contribution is 2.42. The summed E-state index contributed by atoms with van der Waals surface area (Å²) in [5.74, 6) is 0.809. The van der Waals surface area contributed by atoms with Crippen LogP contribution < -0.4 is 4.74 Å². The highest BCUT2D eigenvalue weighted by molar-refractivity contribution is 7.19. The lowest BCUT2D eigenvalue weighted by molar-refractivity contribution is -0.390. The number of morpholine rings is 1. The van der Waals surface area contributed by atoms with E-state index < -0.39 is 4.92 Å². The van der Waals surface area contributed by atoms with Crippen LogP contribution in [0.4, 0.5) is 5.82 Å². The zero-order valence-corrected chi connectivity index (χ0v) is 16.5. The van der Waals surface area contributed by atoms with Gasteiger partial charge >= 0.3 is 5.82 Å². The van der Waals surface area contributed by atoms with E-state index in [-0.39, 0.29) is 11.6 Å². The van der Waals surface area contributed by atoms with Gasteiger partial charge in [-0.25, -0.2) is 4.98 Å². The highest BCUT2D eigenvalue weighted by atomic mass is 32.1. The summed E-state index contributed by atoms with van der Waals surface area (Å²) in [6.07, 6.45) is 4.46. The van der Waals surface area contributed by atoms with E-state index in [1.54, 1.807) is 23.5 Å². The summed E-state index contributed by atoms with van der Waals surface area (Å²) in [4.78, 5) is 28.6. The lowest BCUT2D eigenvalue weighted by atomic mass is 10.2. The van der Waals surface area contributed by atoms with Crippen molar-refractivity contribution in [2.75, 3.05) is 26.3 Å². The van der Waals surface area contributed by atoms with E-state index in [4.69, 9.17) is 14.5 Å². The van der Waals surface area contributed by atoms with Crippen LogP contribution in [0.2, 0.25) is 0 Å². The lowest BCUT2D eigenvalue weighted by Gasteiger charge is -2.25. The maximum atomic E-state index is 11.4. The van der Waals surface area contributed by atoms with E-state index in [1.165, 1.54) is 16.6 Å². The summed E-state index contributed by atoms with van der Waals surface area (Å²) in [6, 6.07) is 3.17. The first-order chi connectivity index (χ1) is 14.2. The van der Waals surface area contributed by atoms with Gasteiger partial charge in [0.15, 0.2) is 0 Å². The fourth-order valence-electron chi connectivity index (χ4n) is 3.81. The van der Waals surface area contributed by atoms with Crippen LogP contribution in [0.15, 0.2) is 18.3 Å². The molecule has 29 heavy (non-hydrogen) atoms. The van der Waals surface area contributed by atoms with Crippen molar-refractivity contribution in [3.63, 3.8) is 0 Å². The van der Waals surface area contributed by atoms with Gasteiger partial charge in [-0.1, -0.05) is 0 Å². The van der Waals surface area contributed by atoms with Gasteiger partial charge < -0.3 is 19.6 Å². The van der Waals surface area contributed by atoms with Crippen molar-refractivity contribution < 1.29 is 14.4 Å². The molecule has 0 bridgehead atoms. The van der Waals surface area contributed by atoms with Crippen LogP contribution in [0.3, 0.4) is 0 Å². The first kappa shape index (κ1) is 18.3. The molecule has 1 aliphatic carbocycles. The minimum Gasteiger partial charge on any atom is -0.429 e. The molecule has 0 radical (unpaired) electrons. The molecular formula is C19H19N5O4S. The molecule has 5 rings (SSSR count). The Bertz CT molecular complexity index is 1080. The summed E-state index contributed by atoms with van der Waals surface area (Å²) >= 11 is 1.67. The third kappa shape index (κ3) is 3.54. The monoisotopic (exact) mass is 413 g/mol. The number of pyridine rings is 1. The Kier molecular flexibility index (Phi) is 4.82. The summed E-state index contributed by atoms with van der Waals surface area (Å²) in [6.45, 7) is 3.63. The number of hydrogen-bond acceptors (Lipinski definition) is 9. The Morgan fingerprint density at radius 3 is 2.97 bits per heavy atom. The Morgan fingerprint density at radius 1 is 1.28 bits per heavy atom. The Labute approximate surface area is 170 Å². The molecule has 3 aromatic heterocycles. The van der Waals surface area contributed by atoms with Gasteiger partial charge in [0, 0.05) is 18.0 Å². The Hall–Kier alpha value is -2.69. The molecule has 3 aromatic rings. The largest absolute Gasteiger partial charge is 0.429 e. The van der Waals surface area contributed by atoms with Gasteiger partial charge in [0.1, 0.15) is 16.9 Å². The minimum absolute atomic E-state index is 0.0905. The summed E-state index contributed by atoms with van der Waals surface area (Å²) < 4.78 is 11.4. The average Bonchev–Trinajstić information content (AvgIpc) is 3.30. The Morgan fingerprint density at radius 2 is 2.14 bits per heavy atom. The third-order valence-electron chi connectivity index (χ3n) is 5.18. The molecule has 0 N–H and O–H groups in total. The second-order valence-electron chi connectivity index (χ2n) is 7.06. The van der Waals surface area contributed by atoms with E-state index in [0.717, 1.165) is 42.6 Å². The molecule has 150 valence electrons. The van der Waals surface area contributed by atoms with Gasteiger partial charge in [-0.3, -0.25) is 4.90 Å². The molecule has 0 amide bonds. The molecule has 10 heteroatoms. The first-order valence-electron chi connectivity index (χ1n) is 9.57. The second kappa shape index (κ2) is 7.62. The minimum atomic E-state index is -0.541. The summed E-state index contributed by atoms with van der Waals surface area (Å²) in [5.41, 5.74) is 1.21. The number of rotatable bonds is 5. The van der Waals surface area contributed by atoms with Gasteiger partial charge in [-0.15, -0.1) is 11.3 Å². The summed E-state index contributed by atoms with van der Waals surface area (Å²) in [7, 11) is 0. The van der Waals surface area contributed by atoms with Gasteiger partial charge in [0.25, 0.3) is 0 Å². The molecule has 0 spiro atoms. The van der Waals surface area contributed by atoms with Crippen molar-refractivity contribution >= 4 is 27.4 Å². The van der Waals surface area contributed by atoms with E-state index in [2.05, 4.69) is 14.9 Å². The number of aryl methyl sites for hydroxylation is 2. The van der Waals surface area contributed by atoms with Crippen LogP contribution in [-0.4, -0.2) is 51.1 Å². The van der Waals surface area contributed by atoms with Crippen LogP contribution in [0.5, 0.6) is 11.6 Å². The zero-order chi connectivity index (χ0) is 19.8. The molecule has 0 saturated carbocycles. The zero-order valence-electron chi connectivity index (χ0n) is 15.7. The molecule has 0 unspecified atom stereocenters. The van der Waals surface area contributed by atoms with Gasteiger partial charge in [0.2, 0.25) is 11.6 Å². The predicted octanol–water partition coefficient (Wildman–Crippen LogP) is 3.11. The van der Waals surface area contributed by atoms with Crippen LogP contribution in [0, 0.1) is 10.1 Å². The molecule has 1 fully saturated rings. The predicted molar refractivity (Wildman–Crippen MR) is 107 cm³/mol. The first-order valence-corrected chi connectivity index (χ1v) is 10.4. The quantitative estimate of drug-likeness (QED) is 0.464. The van der Waals surface area contributed by atoms with Crippen molar-refractivity contribution in [1.29, 1.82) is 0 Å². The van der Waals surface area contributed by atoms with Crippen molar-refractivity contribution in [3.05, 3.63) is 44.7 Å². The number of nitro groups is 1. The maximum absolute atomic E-state index is 11.4. The van der Waals surface area contributed by atoms with Crippen molar-refractivity contribution in [2.45, 2.75) is 25.8 Å². The van der Waals surface area contributed by atoms with Gasteiger partial charge in [-0.05, 0) is 46.9 Å². The van der Waals surface area contributed by atoms with Gasteiger partial charge in [0.05, 0.1) is 25.1 Å². The molecule has 4 heterocycles. The van der Waals surface area contributed by atoms with Crippen LogP contribution in [0.25, 0.3) is 10.2 Å². The number of thiophene rings is 1. The fraction of sp³-hybridized carbons (Fsp3) is 0.421. The van der Waals surface area contributed by atoms with E-state index >= 15 is 0 Å². The maximum Gasteiger partial charge on any atom is 0.406 e. The molecular weight excluding hydrogens is 394 g/mol. The standard InChI is InChI=1S/C19H19N5O4S/c25-24(26)17-13(4-2-6-20-17)28-18-16-12-3-1-5-14(12)29-19(16)22-15(21-18)11-23-7-9-27-10-8-23/h2,4,6H,1,3,5,7-11H2. The number of nitrogens with zero attached hydrogens (tertiary/aromatic N) is 5. The molecule has 2 aliphatic rings. The molecule has 1 saturated heterocycles. The normalized spacial score (nSPS) is 16.8. The average molecular weight is 413 g/mol. The second-order valence-corrected chi connectivity index (χ2v) is 8.14. The number of hydrogen-bond donors (Lipinski definition) is 0. The molecule has 0 atom stereocenters. The van der Waals surface area contributed by atoms with Crippen LogP contribution in [-0.2, 0) is 24.1 Å². The van der Waals surface area contributed by atoms with Gasteiger partial charge in [-0.2, -0.15) is 4.98 Å². The van der Waals surface area contributed by atoms with Crippen LogP contribution in [0.1, 0.15) is 22.7 Å². The lowest BCUT2D eigenvalue weighted by Crippen LogP contribution is -2.36. The molecule has 1 aliphatic heterocycles. The van der Waals surface area contributed by atoms with Crippen LogP contribution >= 0.6 is 11.3 Å². The Balaban J connectivity index is 1.57. The topological polar surface area (TPSA) is 104 Å². The van der Waals surface area contributed by atoms with Crippen molar-refractivity contribution in [2.24, 2.45) is 0 Å². The molecule has 9 nitrogen and oxygen atoms in total. The molecule has 0 aromatic carbocycles. The van der Waals surface area contributed by atoms with E-state index in [1.807, 2.05) is 0 Å². The number of fused-ring (bicyclic) bond motifs is 3. The van der Waals surface area contributed by atoms with E-state index in [0.29, 0.717) is 31.5 Å². The third-order valence-corrected chi connectivity index (χ3v) is 6.36. The van der Waals surface area contributed by atoms with E-state index in [9.17, 15) is 10.1 Å². The number of ether oxygens (including phenoxy) is 2. The van der Waals surface area contributed by atoms with Crippen molar-refractivity contribution in [1.82, 2.24) is 19.9 Å². The highest BCUT2D eigenvalue weighted by Gasteiger charge is 2.26. The number of aromatic nitrogens is 3. The SMILES string of the molecule is O=[N+]([O-])c1ncccc1Oc1nc(CN2CCOCC2)nc2sc3c(c12)CCC3. The van der Waals surface area contributed by atoms with Crippen molar-refractivity contribution in [3.8, 4) is 11.6 Å². The summed E-state index contributed by atoms with van der Waals surface area (Å²) in [5, 5.41) is 12.2. The fourth-order valence-corrected chi connectivity index (χ4v) is 5.08.